The number of thioether (sulfide) groups is 1. The first-order chi connectivity index (χ1) is 9.10. The van der Waals surface area contributed by atoms with Crippen LogP contribution in [-0.2, 0) is 5.75 Å². The second kappa shape index (κ2) is 6.39. The number of hydrogen-bond donors (Lipinski definition) is 1. The summed E-state index contributed by atoms with van der Waals surface area (Å²) in [4.78, 5) is 10.2. The van der Waals surface area contributed by atoms with Crippen LogP contribution >= 0.6 is 27.7 Å². The minimum atomic E-state index is 0.770. The first-order valence-corrected chi connectivity index (χ1v) is 7.78. The van der Waals surface area contributed by atoms with Gasteiger partial charge in [0.1, 0.15) is 11.6 Å². The number of hydrogen-bond acceptors (Lipinski definition) is 4. The third kappa shape index (κ3) is 3.70. The normalized spacial score (nSPS) is 10.5. The molecule has 0 aliphatic heterocycles. The van der Waals surface area contributed by atoms with Gasteiger partial charge in [0, 0.05) is 11.9 Å². The van der Waals surface area contributed by atoms with Gasteiger partial charge >= 0.3 is 0 Å². The number of halogens is 1. The van der Waals surface area contributed by atoms with Crippen molar-refractivity contribution in [2.45, 2.75) is 24.5 Å². The molecule has 0 atom stereocenters. The maximum Gasteiger partial charge on any atom is 0.144 e. The van der Waals surface area contributed by atoms with Crippen LogP contribution in [-0.4, -0.2) is 17.0 Å². The van der Waals surface area contributed by atoms with Gasteiger partial charge in [-0.3, -0.25) is 0 Å². The minimum Gasteiger partial charge on any atom is -0.372 e. The van der Waals surface area contributed by atoms with Crippen molar-refractivity contribution in [2.24, 2.45) is 0 Å². The maximum absolute atomic E-state index is 4.50. The number of rotatable bonds is 4. The molecule has 19 heavy (non-hydrogen) atoms. The highest BCUT2D eigenvalue weighted by atomic mass is 79.9. The summed E-state index contributed by atoms with van der Waals surface area (Å²) < 4.78 is 0.930. The van der Waals surface area contributed by atoms with Gasteiger partial charge in [0.25, 0.3) is 0 Å². The van der Waals surface area contributed by atoms with Gasteiger partial charge in [-0.1, -0.05) is 17.7 Å². The fraction of sp³-hybridized carbons (Fsp3) is 0.286. The second-order valence-electron chi connectivity index (χ2n) is 4.24. The first kappa shape index (κ1) is 14.3. The topological polar surface area (TPSA) is 37.8 Å². The molecule has 0 amide bonds. The van der Waals surface area contributed by atoms with Gasteiger partial charge in [-0.25, -0.2) is 9.97 Å². The van der Waals surface area contributed by atoms with E-state index in [0.717, 1.165) is 27.6 Å². The Morgan fingerprint density at radius 2 is 2.05 bits per heavy atom. The molecule has 1 aromatic heterocycles. The molecule has 0 spiro atoms. The van der Waals surface area contributed by atoms with Crippen LogP contribution in [0, 0.1) is 13.8 Å². The van der Waals surface area contributed by atoms with Crippen LogP contribution in [0.1, 0.15) is 17.1 Å². The molecule has 1 heterocycles. The van der Waals surface area contributed by atoms with Gasteiger partial charge in [0.05, 0.1) is 15.9 Å². The second-order valence-corrected chi connectivity index (χ2v) is 6.08. The molecule has 0 saturated carbocycles. The summed E-state index contributed by atoms with van der Waals surface area (Å²) in [5.74, 6) is 2.45. The van der Waals surface area contributed by atoms with Crippen LogP contribution in [0.4, 0.5) is 5.82 Å². The number of nitrogens with one attached hydrogen (secondary N) is 1. The Labute approximate surface area is 126 Å². The zero-order valence-corrected chi connectivity index (χ0v) is 13.6. The Balaban J connectivity index is 2.13. The van der Waals surface area contributed by atoms with E-state index < -0.39 is 0 Å². The summed E-state index contributed by atoms with van der Waals surface area (Å²) >= 11 is 5.24. The lowest BCUT2D eigenvalue weighted by Crippen LogP contribution is -2.02. The zero-order valence-electron chi connectivity index (χ0n) is 11.2. The van der Waals surface area contributed by atoms with Gasteiger partial charge in [-0.2, -0.15) is 0 Å². The lowest BCUT2D eigenvalue weighted by molar-refractivity contribution is 0.985. The molecule has 100 valence electrons. The van der Waals surface area contributed by atoms with E-state index in [1.54, 1.807) is 11.8 Å². The molecule has 3 nitrogen and oxygen atoms in total. The Morgan fingerprint density at radius 3 is 2.74 bits per heavy atom. The zero-order chi connectivity index (χ0) is 13.8. The molecular formula is C14H16BrN3S. The third-order valence-electron chi connectivity index (χ3n) is 2.66. The molecule has 0 bridgehead atoms. The van der Waals surface area contributed by atoms with Crippen LogP contribution in [0.15, 0.2) is 33.6 Å². The SMILES string of the molecule is CNc1nc(CSc2cccc(C)c2)nc(C)c1Br. The average molecular weight is 338 g/mol. The molecule has 1 aromatic carbocycles. The van der Waals surface area contributed by atoms with Crippen molar-refractivity contribution in [1.29, 1.82) is 0 Å². The highest BCUT2D eigenvalue weighted by Gasteiger charge is 2.08. The van der Waals surface area contributed by atoms with Crippen molar-refractivity contribution in [3.8, 4) is 0 Å². The van der Waals surface area contributed by atoms with Crippen molar-refractivity contribution in [1.82, 2.24) is 9.97 Å². The highest BCUT2D eigenvalue weighted by molar-refractivity contribution is 9.10. The Hall–Kier alpha value is -1.07. The first-order valence-electron chi connectivity index (χ1n) is 6.00. The molecule has 0 radical (unpaired) electrons. The molecule has 2 rings (SSSR count). The summed E-state index contributed by atoms with van der Waals surface area (Å²) in [6.45, 7) is 4.08. The largest absolute Gasteiger partial charge is 0.372 e. The summed E-state index contributed by atoms with van der Waals surface area (Å²) in [7, 11) is 1.87. The molecular weight excluding hydrogens is 322 g/mol. The van der Waals surface area contributed by atoms with Crippen LogP contribution in [0.25, 0.3) is 0 Å². The number of anilines is 1. The monoisotopic (exact) mass is 337 g/mol. The Morgan fingerprint density at radius 1 is 1.26 bits per heavy atom. The third-order valence-corrected chi connectivity index (χ3v) is 4.60. The van der Waals surface area contributed by atoms with E-state index in [2.05, 4.69) is 62.4 Å². The number of nitrogens with zero attached hydrogens (tertiary/aromatic N) is 2. The molecule has 0 aliphatic carbocycles. The van der Waals surface area contributed by atoms with Crippen molar-refractivity contribution in [3.63, 3.8) is 0 Å². The standard InChI is InChI=1S/C14H16BrN3S/c1-9-5-4-6-11(7-9)19-8-12-17-10(2)13(15)14(16-3)18-12/h4-7H,8H2,1-3H3,(H,16,17,18). The Bertz CT molecular complexity index is 587. The van der Waals surface area contributed by atoms with Crippen LogP contribution < -0.4 is 5.32 Å². The van der Waals surface area contributed by atoms with E-state index in [4.69, 9.17) is 0 Å². The maximum atomic E-state index is 4.50. The summed E-state index contributed by atoms with van der Waals surface area (Å²) in [5.41, 5.74) is 2.23. The highest BCUT2D eigenvalue weighted by Crippen LogP contribution is 2.26. The van der Waals surface area contributed by atoms with Crippen LogP contribution in [0.2, 0.25) is 0 Å². The molecule has 0 saturated heterocycles. The van der Waals surface area contributed by atoms with Crippen molar-refractivity contribution in [3.05, 3.63) is 45.8 Å². The van der Waals surface area contributed by atoms with E-state index in [1.807, 2.05) is 14.0 Å². The van der Waals surface area contributed by atoms with Crippen LogP contribution in [0.5, 0.6) is 0 Å². The smallest absolute Gasteiger partial charge is 0.144 e. The van der Waals surface area contributed by atoms with Crippen LogP contribution in [0.3, 0.4) is 0 Å². The predicted octanol–water partition coefficient (Wildman–Crippen LogP) is 4.19. The molecule has 5 heteroatoms. The summed E-state index contributed by atoms with van der Waals surface area (Å²) in [6, 6.07) is 8.46. The van der Waals surface area contributed by atoms with E-state index in [-0.39, 0.29) is 0 Å². The molecule has 2 aromatic rings. The van der Waals surface area contributed by atoms with Gasteiger partial charge in [0.15, 0.2) is 0 Å². The number of benzene rings is 1. The summed E-state index contributed by atoms with van der Waals surface area (Å²) in [5, 5.41) is 3.08. The molecule has 1 N–H and O–H groups in total. The number of aromatic nitrogens is 2. The predicted molar refractivity (Wildman–Crippen MR) is 84.8 cm³/mol. The van der Waals surface area contributed by atoms with Gasteiger partial charge < -0.3 is 5.32 Å². The fourth-order valence-corrected chi connectivity index (χ4v) is 2.94. The van der Waals surface area contributed by atoms with Crippen molar-refractivity contribution in [2.75, 3.05) is 12.4 Å². The lowest BCUT2D eigenvalue weighted by atomic mass is 10.2. The summed E-state index contributed by atoms with van der Waals surface area (Å²) in [6.07, 6.45) is 0. The fourth-order valence-electron chi connectivity index (χ4n) is 1.70. The van der Waals surface area contributed by atoms with Gasteiger partial charge in [-0.05, 0) is 41.9 Å². The molecule has 0 fully saturated rings. The van der Waals surface area contributed by atoms with E-state index in [9.17, 15) is 0 Å². The van der Waals surface area contributed by atoms with E-state index in [1.165, 1.54) is 10.5 Å². The number of aryl methyl sites for hydroxylation is 2. The van der Waals surface area contributed by atoms with E-state index >= 15 is 0 Å². The average Bonchev–Trinajstić information content (AvgIpc) is 2.40. The van der Waals surface area contributed by atoms with E-state index in [0.29, 0.717) is 0 Å². The lowest BCUT2D eigenvalue weighted by Gasteiger charge is -2.08. The Kier molecular flexibility index (Phi) is 4.82. The molecule has 0 unspecified atom stereocenters. The van der Waals surface area contributed by atoms with Crippen molar-refractivity contribution >= 4 is 33.5 Å². The minimum absolute atomic E-state index is 0.770. The van der Waals surface area contributed by atoms with Gasteiger partial charge in [-0.15, -0.1) is 11.8 Å². The quantitative estimate of drug-likeness (QED) is 0.849. The van der Waals surface area contributed by atoms with Gasteiger partial charge in [0.2, 0.25) is 0 Å². The van der Waals surface area contributed by atoms with Crippen molar-refractivity contribution < 1.29 is 0 Å². The molecule has 0 aliphatic rings.